The summed E-state index contributed by atoms with van der Waals surface area (Å²) < 4.78 is 0. The van der Waals surface area contributed by atoms with E-state index in [1.54, 1.807) is 0 Å². The van der Waals surface area contributed by atoms with Gasteiger partial charge in [0.2, 0.25) is 5.91 Å². The zero-order valence-corrected chi connectivity index (χ0v) is 12.2. The standard InChI is InChI=1S/C17H25NO2/c19-15-3-1-14(2-4-15)18-16(20)17-8-11-5-12(9-17)7-13(6-11)10-17/h11-14H,1-10H2,(H,18,20). The van der Waals surface area contributed by atoms with Crippen molar-refractivity contribution in [3.05, 3.63) is 0 Å². The highest BCUT2D eigenvalue weighted by molar-refractivity contribution is 5.84. The van der Waals surface area contributed by atoms with Gasteiger partial charge >= 0.3 is 0 Å². The predicted octanol–water partition coefficient (Wildman–Crippen LogP) is 2.83. The molecule has 1 N–H and O–H groups in total. The summed E-state index contributed by atoms with van der Waals surface area (Å²) in [7, 11) is 0. The molecule has 110 valence electrons. The molecule has 0 aromatic heterocycles. The summed E-state index contributed by atoms with van der Waals surface area (Å²) in [5, 5.41) is 3.31. The highest BCUT2D eigenvalue weighted by Gasteiger charge is 2.54. The van der Waals surface area contributed by atoms with E-state index in [0.717, 1.165) is 49.9 Å². The van der Waals surface area contributed by atoms with Crippen molar-refractivity contribution >= 4 is 11.7 Å². The Morgan fingerprint density at radius 3 is 1.95 bits per heavy atom. The van der Waals surface area contributed by atoms with Gasteiger partial charge in [0.05, 0.1) is 0 Å². The SMILES string of the molecule is O=C1CCC(NC(=O)C23CC4CC(CC(C4)C2)C3)CC1. The molecule has 0 atom stereocenters. The molecule has 5 rings (SSSR count). The fourth-order valence-corrected chi connectivity index (χ4v) is 5.81. The number of carbonyl (C=O) groups is 2. The maximum absolute atomic E-state index is 12.9. The molecule has 0 aromatic carbocycles. The van der Waals surface area contributed by atoms with Gasteiger partial charge in [-0.2, -0.15) is 0 Å². The molecule has 0 heterocycles. The second kappa shape index (κ2) is 4.57. The number of nitrogens with one attached hydrogen (secondary N) is 1. The number of hydrogen-bond donors (Lipinski definition) is 1. The highest BCUT2D eigenvalue weighted by Crippen LogP contribution is 2.60. The van der Waals surface area contributed by atoms with E-state index in [-0.39, 0.29) is 11.5 Å². The molecule has 3 nitrogen and oxygen atoms in total. The maximum atomic E-state index is 12.9. The Morgan fingerprint density at radius 1 is 0.950 bits per heavy atom. The van der Waals surface area contributed by atoms with E-state index in [1.807, 2.05) is 0 Å². The average Bonchev–Trinajstić information content (AvgIpc) is 2.40. The summed E-state index contributed by atoms with van der Waals surface area (Å²) in [5.74, 6) is 3.15. The molecule has 4 bridgehead atoms. The van der Waals surface area contributed by atoms with Crippen LogP contribution >= 0.6 is 0 Å². The summed E-state index contributed by atoms with van der Waals surface area (Å²) in [5.41, 5.74) is -0.0315. The summed E-state index contributed by atoms with van der Waals surface area (Å²) >= 11 is 0. The lowest BCUT2D eigenvalue weighted by Crippen LogP contribution is -2.55. The third-order valence-electron chi connectivity index (χ3n) is 6.40. The first kappa shape index (κ1) is 12.8. The molecule has 0 aromatic rings. The number of carbonyl (C=O) groups excluding carboxylic acids is 2. The maximum Gasteiger partial charge on any atom is 0.226 e. The fraction of sp³-hybridized carbons (Fsp3) is 0.882. The van der Waals surface area contributed by atoms with Crippen LogP contribution in [-0.2, 0) is 9.59 Å². The van der Waals surface area contributed by atoms with Crippen LogP contribution in [0.15, 0.2) is 0 Å². The lowest BCUT2D eigenvalue weighted by Gasteiger charge is -2.56. The topological polar surface area (TPSA) is 46.2 Å². The fourth-order valence-electron chi connectivity index (χ4n) is 5.81. The zero-order chi connectivity index (χ0) is 13.7. The normalized spacial score (nSPS) is 43.8. The molecule has 0 spiro atoms. The van der Waals surface area contributed by atoms with Crippen molar-refractivity contribution in [2.45, 2.75) is 70.3 Å². The first-order valence-electron chi connectivity index (χ1n) is 8.46. The van der Waals surface area contributed by atoms with Crippen LogP contribution in [-0.4, -0.2) is 17.7 Å². The molecule has 0 aliphatic heterocycles. The molecule has 5 fully saturated rings. The summed E-state index contributed by atoms with van der Waals surface area (Å²) in [4.78, 5) is 24.2. The molecule has 5 saturated carbocycles. The van der Waals surface area contributed by atoms with E-state index >= 15 is 0 Å². The van der Waals surface area contributed by atoms with Crippen LogP contribution in [0.4, 0.5) is 0 Å². The van der Waals surface area contributed by atoms with E-state index in [9.17, 15) is 9.59 Å². The van der Waals surface area contributed by atoms with E-state index in [0.29, 0.717) is 24.5 Å². The molecule has 0 unspecified atom stereocenters. The smallest absolute Gasteiger partial charge is 0.226 e. The van der Waals surface area contributed by atoms with Crippen LogP contribution in [0.1, 0.15) is 64.2 Å². The van der Waals surface area contributed by atoms with Crippen LogP contribution in [0.2, 0.25) is 0 Å². The van der Waals surface area contributed by atoms with Gasteiger partial charge in [-0.05, 0) is 69.1 Å². The van der Waals surface area contributed by atoms with Crippen molar-refractivity contribution in [3.8, 4) is 0 Å². The van der Waals surface area contributed by atoms with E-state index in [2.05, 4.69) is 5.32 Å². The summed E-state index contributed by atoms with van der Waals surface area (Å²) in [6.07, 6.45) is 10.6. The largest absolute Gasteiger partial charge is 0.353 e. The Hall–Kier alpha value is -0.860. The minimum atomic E-state index is -0.0315. The van der Waals surface area contributed by atoms with Gasteiger partial charge in [0.1, 0.15) is 5.78 Å². The van der Waals surface area contributed by atoms with Crippen molar-refractivity contribution in [1.82, 2.24) is 5.32 Å². The van der Waals surface area contributed by atoms with Crippen LogP contribution in [0.25, 0.3) is 0 Å². The van der Waals surface area contributed by atoms with Crippen molar-refractivity contribution in [2.75, 3.05) is 0 Å². The predicted molar refractivity (Wildman–Crippen MR) is 76.0 cm³/mol. The number of Topliss-reactive ketones (excluding diaryl/α,β-unsaturated/α-hetero) is 1. The average molecular weight is 275 g/mol. The molecule has 0 radical (unpaired) electrons. The molecule has 3 heteroatoms. The lowest BCUT2D eigenvalue weighted by atomic mass is 9.49. The molecule has 5 aliphatic rings. The molecule has 0 saturated heterocycles. The third kappa shape index (κ3) is 2.10. The third-order valence-corrected chi connectivity index (χ3v) is 6.40. The molecule has 20 heavy (non-hydrogen) atoms. The highest BCUT2D eigenvalue weighted by atomic mass is 16.2. The lowest BCUT2D eigenvalue weighted by molar-refractivity contribution is -0.147. The van der Waals surface area contributed by atoms with Gasteiger partial charge in [-0.3, -0.25) is 9.59 Å². The Bertz CT molecular complexity index is 397. The summed E-state index contributed by atoms with van der Waals surface area (Å²) in [6, 6.07) is 0.258. The van der Waals surface area contributed by atoms with Gasteiger partial charge in [0.25, 0.3) is 0 Å². The first-order valence-corrected chi connectivity index (χ1v) is 8.46. The van der Waals surface area contributed by atoms with Crippen molar-refractivity contribution in [1.29, 1.82) is 0 Å². The zero-order valence-electron chi connectivity index (χ0n) is 12.2. The van der Waals surface area contributed by atoms with Gasteiger partial charge in [0.15, 0.2) is 0 Å². The van der Waals surface area contributed by atoms with Crippen molar-refractivity contribution < 1.29 is 9.59 Å². The number of amides is 1. The monoisotopic (exact) mass is 275 g/mol. The second-order valence-electron chi connectivity index (χ2n) is 7.98. The van der Waals surface area contributed by atoms with Crippen molar-refractivity contribution in [2.24, 2.45) is 23.2 Å². The first-order chi connectivity index (χ1) is 9.63. The van der Waals surface area contributed by atoms with Gasteiger partial charge in [-0.25, -0.2) is 0 Å². The minimum Gasteiger partial charge on any atom is -0.353 e. The Balaban J connectivity index is 1.44. The van der Waals surface area contributed by atoms with Gasteiger partial charge in [-0.15, -0.1) is 0 Å². The second-order valence-corrected chi connectivity index (χ2v) is 7.98. The van der Waals surface area contributed by atoms with Crippen LogP contribution in [0, 0.1) is 23.2 Å². The minimum absolute atomic E-state index is 0.0315. The van der Waals surface area contributed by atoms with Gasteiger partial charge < -0.3 is 5.32 Å². The van der Waals surface area contributed by atoms with Crippen LogP contribution in [0.3, 0.4) is 0 Å². The summed E-state index contributed by atoms with van der Waals surface area (Å²) in [6.45, 7) is 0. The van der Waals surface area contributed by atoms with Gasteiger partial charge in [0, 0.05) is 24.3 Å². The Kier molecular flexibility index (Phi) is 2.94. The van der Waals surface area contributed by atoms with Crippen LogP contribution in [0.5, 0.6) is 0 Å². The van der Waals surface area contributed by atoms with E-state index < -0.39 is 0 Å². The Labute approximate surface area is 120 Å². The van der Waals surface area contributed by atoms with E-state index in [1.165, 1.54) is 19.3 Å². The van der Waals surface area contributed by atoms with Crippen LogP contribution < -0.4 is 5.32 Å². The quantitative estimate of drug-likeness (QED) is 0.842. The number of hydrogen-bond acceptors (Lipinski definition) is 2. The van der Waals surface area contributed by atoms with Gasteiger partial charge in [-0.1, -0.05) is 0 Å². The molecular weight excluding hydrogens is 250 g/mol. The molecular formula is C17H25NO2. The van der Waals surface area contributed by atoms with E-state index in [4.69, 9.17) is 0 Å². The molecule has 1 amide bonds. The Morgan fingerprint density at radius 2 is 1.45 bits per heavy atom. The van der Waals surface area contributed by atoms with Crippen molar-refractivity contribution in [3.63, 3.8) is 0 Å². The number of rotatable bonds is 2. The molecule has 5 aliphatic carbocycles. The number of ketones is 1.